The van der Waals surface area contributed by atoms with Crippen molar-refractivity contribution in [3.8, 4) is 11.8 Å². The third kappa shape index (κ3) is 1.80. The van der Waals surface area contributed by atoms with Gasteiger partial charge in [-0.2, -0.15) is 4.68 Å². The van der Waals surface area contributed by atoms with E-state index in [1.54, 1.807) is 18.2 Å². The van der Waals surface area contributed by atoms with Crippen LogP contribution in [0.4, 0.5) is 0 Å². The number of fused-ring (bicyclic) bond motifs is 1. The SMILES string of the molecule is COc1nn(-c2cccc3c(Cl)c(Cl)oc23)c(=O)o1. The summed E-state index contributed by atoms with van der Waals surface area (Å²) in [5.41, 5.74) is 0.707. The first kappa shape index (κ1) is 12.1. The van der Waals surface area contributed by atoms with Gasteiger partial charge in [0.15, 0.2) is 5.58 Å². The summed E-state index contributed by atoms with van der Waals surface area (Å²) in [5, 5.41) is 4.77. The maximum absolute atomic E-state index is 11.7. The van der Waals surface area contributed by atoms with Crippen LogP contribution in [0, 0.1) is 0 Å². The minimum absolute atomic E-state index is 0.0487. The molecule has 3 aromatic rings. The molecular weight excluding hydrogens is 295 g/mol. The molecule has 0 unspecified atom stereocenters. The Bertz CT molecular complexity index is 818. The fraction of sp³-hybridized carbons (Fsp3) is 0.0909. The van der Waals surface area contributed by atoms with Crippen molar-refractivity contribution in [2.45, 2.75) is 0 Å². The number of aromatic nitrogens is 2. The lowest BCUT2D eigenvalue weighted by Gasteiger charge is -1.98. The predicted molar refractivity (Wildman–Crippen MR) is 68.4 cm³/mol. The van der Waals surface area contributed by atoms with Crippen molar-refractivity contribution in [3.63, 3.8) is 0 Å². The summed E-state index contributed by atoms with van der Waals surface area (Å²) in [7, 11) is 1.34. The minimum Gasteiger partial charge on any atom is -0.452 e. The van der Waals surface area contributed by atoms with E-state index in [-0.39, 0.29) is 16.3 Å². The molecule has 98 valence electrons. The molecule has 3 rings (SSSR count). The Morgan fingerprint density at radius 2 is 2.11 bits per heavy atom. The largest absolute Gasteiger partial charge is 0.452 e. The quantitative estimate of drug-likeness (QED) is 0.728. The first-order valence-corrected chi connectivity index (χ1v) is 5.88. The Labute approximate surface area is 116 Å². The number of methoxy groups -OCH3 is 1. The molecule has 0 saturated heterocycles. The molecule has 0 amide bonds. The molecule has 0 aliphatic carbocycles. The first-order chi connectivity index (χ1) is 9.11. The van der Waals surface area contributed by atoms with E-state index >= 15 is 0 Å². The third-order valence-corrected chi connectivity index (χ3v) is 3.27. The highest BCUT2D eigenvalue weighted by Crippen LogP contribution is 2.36. The number of nitrogens with zero attached hydrogens (tertiary/aromatic N) is 2. The molecule has 0 saturated carbocycles. The van der Waals surface area contributed by atoms with Crippen molar-refractivity contribution in [3.05, 3.63) is 39.0 Å². The Morgan fingerprint density at radius 1 is 1.32 bits per heavy atom. The molecule has 8 heteroatoms. The lowest BCUT2D eigenvalue weighted by Crippen LogP contribution is -2.13. The van der Waals surface area contributed by atoms with Crippen LogP contribution in [0.3, 0.4) is 0 Å². The summed E-state index contributed by atoms with van der Waals surface area (Å²) >= 11 is 11.8. The molecule has 0 aliphatic heterocycles. The van der Waals surface area contributed by atoms with Gasteiger partial charge in [-0.1, -0.05) is 22.8 Å². The Kier molecular flexibility index (Phi) is 2.76. The number of halogens is 2. The van der Waals surface area contributed by atoms with Crippen LogP contribution >= 0.6 is 23.2 Å². The number of benzene rings is 1. The normalized spacial score (nSPS) is 11.1. The van der Waals surface area contributed by atoms with E-state index in [0.717, 1.165) is 4.68 Å². The lowest BCUT2D eigenvalue weighted by molar-refractivity contribution is 0.282. The van der Waals surface area contributed by atoms with Crippen LogP contribution < -0.4 is 10.5 Å². The Morgan fingerprint density at radius 3 is 2.79 bits per heavy atom. The van der Waals surface area contributed by atoms with Crippen LogP contribution in [-0.4, -0.2) is 16.9 Å². The molecule has 0 fully saturated rings. The van der Waals surface area contributed by atoms with Crippen LogP contribution in [0.5, 0.6) is 6.08 Å². The van der Waals surface area contributed by atoms with Crippen molar-refractivity contribution in [1.82, 2.24) is 9.78 Å². The van der Waals surface area contributed by atoms with E-state index in [1.165, 1.54) is 7.11 Å². The summed E-state index contributed by atoms with van der Waals surface area (Å²) in [5.74, 6) is -0.701. The second-order valence-electron chi connectivity index (χ2n) is 3.59. The highest BCUT2D eigenvalue weighted by atomic mass is 35.5. The van der Waals surface area contributed by atoms with Crippen LogP contribution in [0.25, 0.3) is 16.7 Å². The minimum atomic E-state index is -0.701. The third-order valence-electron chi connectivity index (χ3n) is 2.53. The number of para-hydroxylation sites is 1. The topological polar surface area (TPSA) is 70.4 Å². The van der Waals surface area contributed by atoms with E-state index in [0.29, 0.717) is 16.7 Å². The van der Waals surface area contributed by atoms with E-state index < -0.39 is 5.76 Å². The molecule has 0 radical (unpaired) electrons. The number of rotatable bonds is 2. The fourth-order valence-corrected chi connectivity index (χ4v) is 2.07. The molecule has 2 heterocycles. The second-order valence-corrected chi connectivity index (χ2v) is 4.31. The van der Waals surface area contributed by atoms with Gasteiger partial charge in [-0.15, -0.1) is 0 Å². The molecule has 0 bridgehead atoms. The summed E-state index contributed by atoms with van der Waals surface area (Å²) in [4.78, 5) is 11.7. The van der Waals surface area contributed by atoms with E-state index in [2.05, 4.69) is 5.10 Å². The number of hydrogen-bond acceptors (Lipinski definition) is 5. The summed E-state index contributed by atoms with van der Waals surface area (Å²) in [6.07, 6.45) is -0.147. The van der Waals surface area contributed by atoms with Gasteiger partial charge in [0.1, 0.15) is 10.7 Å². The summed E-state index contributed by atoms with van der Waals surface area (Å²) in [6.45, 7) is 0. The molecule has 0 spiro atoms. The average molecular weight is 301 g/mol. The maximum atomic E-state index is 11.7. The molecular formula is C11H6Cl2N2O4. The molecule has 0 atom stereocenters. The van der Waals surface area contributed by atoms with Crippen LogP contribution in [-0.2, 0) is 0 Å². The molecule has 0 N–H and O–H groups in total. The van der Waals surface area contributed by atoms with Crippen molar-refractivity contribution in [1.29, 1.82) is 0 Å². The number of hydrogen-bond donors (Lipinski definition) is 0. The van der Waals surface area contributed by atoms with Gasteiger partial charge in [0.05, 0.1) is 7.11 Å². The standard InChI is InChI=1S/C11H6Cl2N2O4/c1-17-10-14-15(11(16)19-10)6-4-2-3-5-7(12)9(13)18-8(5)6/h2-4H,1H3. The average Bonchev–Trinajstić information content (AvgIpc) is 2.91. The van der Waals surface area contributed by atoms with Crippen LogP contribution in [0.1, 0.15) is 0 Å². The van der Waals surface area contributed by atoms with Gasteiger partial charge >= 0.3 is 11.8 Å². The van der Waals surface area contributed by atoms with Gasteiger partial charge in [-0.25, -0.2) is 4.79 Å². The van der Waals surface area contributed by atoms with Gasteiger partial charge in [-0.3, -0.25) is 0 Å². The van der Waals surface area contributed by atoms with Crippen molar-refractivity contribution in [2.75, 3.05) is 7.11 Å². The molecule has 1 aromatic carbocycles. The summed E-state index contributed by atoms with van der Waals surface area (Å²) in [6, 6.07) is 5.05. The predicted octanol–water partition coefficient (Wildman–Crippen LogP) is 2.89. The first-order valence-electron chi connectivity index (χ1n) is 5.13. The van der Waals surface area contributed by atoms with Crippen LogP contribution in [0.15, 0.2) is 31.8 Å². The van der Waals surface area contributed by atoms with Gasteiger partial charge in [0, 0.05) is 5.39 Å². The van der Waals surface area contributed by atoms with Crippen molar-refractivity contribution >= 4 is 34.2 Å². The smallest absolute Gasteiger partial charge is 0.444 e. The molecule has 2 aromatic heterocycles. The maximum Gasteiger partial charge on any atom is 0.444 e. The van der Waals surface area contributed by atoms with Gasteiger partial charge in [0.2, 0.25) is 5.22 Å². The van der Waals surface area contributed by atoms with Gasteiger partial charge < -0.3 is 13.6 Å². The Balaban J connectivity index is 2.33. The van der Waals surface area contributed by atoms with Crippen molar-refractivity contribution < 1.29 is 13.6 Å². The zero-order chi connectivity index (χ0) is 13.6. The van der Waals surface area contributed by atoms with E-state index in [9.17, 15) is 4.79 Å². The second kappa shape index (κ2) is 4.32. The highest BCUT2D eigenvalue weighted by Gasteiger charge is 2.18. The van der Waals surface area contributed by atoms with Crippen LogP contribution in [0.2, 0.25) is 10.2 Å². The van der Waals surface area contributed by atoms with Gasteiger partial charge in [-0.05, 0) is 23.7 Å². The Hall–Kier alpha value is -1.92. The highest BCUT2D eigenvalue weighted by molar-refractivity contribution is 6.44. The zero-order valence-corrected chi connectivity index (χ0v) is 11.0. The van der Waals surface area contributed by atoms with E-state index in [1.807, 2.05) is 0 Å². The summed E-state index contributed by atoms with van der Waals surface area (Å²) < 4.78 is 15.9. The fourth-order valence-electron chi connectivity index (χ4n) is 1.71. The van der Waals surface area contributed by atoms with Gasteiger partial charge in [0.25, 0.3) is 0 Å². The number of ether oxygens (including phenoxy) is 1. The number of furan rings is 1. The molecule has 6 nitrogen and oxygen atoms in total. The van der Waals surface area contributed by atoms with Crippen molar-refractivity contribution in [2.24, 2.45) is 0 Å². The van der Waals surface area contributed by atoms with E-state index in [4.69, 9.17) is 36.8 Å². The zero-order valence-electron chi connectivity index (χ0n) is 9.52. The monoisotopic (exact) mass is 300 g/mol. The lowest BCUT2D eigenvalue weighted by atomic mass is 10.2. The molecule has 0 aliphatic rings. The molecule has 19 heavy (non-hydrogen) atoms.